The maximum atomic E-state index is 2.69. The molecular formula is C12H26N4. The summed E-state index contributed by atoms with van der Waals surface area (Å²) in [4.78, 5) is 10.0. The second kappa shape index (κ2) is 5.00. The van der Waals surface area contributed by atoms with Crippen LogP contribution < -0.4 is 0 Å². The Morgan fingerprint density at radius 3 is 2.06 bits per heavy atom. The van der Waals surface area contributed by atoms with Gasteiger partial charge < -0.3 is 9.80 Å². The Balaban J connectivity index is 2.02. The maximum absolute atomic E-state index is 2.69. The van der Waals surface area contributed by atoms with E-state index in [1.54, 1.807) is 0 Å². The van der Waals surface area contributed by atoms with Crippen molar-refractivity contribution in [2.75, 3.05) is 67.5 Å². The lowest BCUT2D eigenvalue weighted by Crippen LogP contribution is -2.67. The first-order valence-electron chi connectivity index (χ1n) is 6.35. The molecule has 2 atom stereocenters. The number of hydrogen-bond acceptors (Lipinski definition) is 4. The van der Waals surface area contributed by atoms with E-state index < -0.39 is 0 Å². The van der Waals surface area contributed by atoms with E-state index in [0.717, 1.165) is 12.6 Å². The Morgan fingerprint density at radius 2 is 1.69 bits per heavy atom. The molecule has 4 nitrogen and oxygen atoms in total. The highest BCUT2D eigenvalue weighted by molar-refractivity contribution is 4.95. The molecule has 3 fully saturated rings. The standard InChI is InChI=1S/C12H26N4/c1-13(2)9-11(14(3)4)12-10-15-5-7-16(12)8-6-15/h11-12H,5-10H2,1-4H3. The molecule has 3 saturated heterocycles. The molecule has 0 aromatic rings. The first kappa shape index (κ1) is 12.3. The van der Waals surface area contributed by atoms with E-state index in [1.807, 2.05) is 0 Å². The third kappa shape index (κ3) is 2.56. The lowest BCUT2D eigenvalue weighted by molar-refractivity contribution is -0.0254. The smallest absolute Gasteiger partial charge is 0.0392 e. The molecule has 0 aliphatic carbocycles. The third-order valence-corrected chi connectivity index (χ3v) is 3.98. The van der Waals surface area contributed by atoms with Crippen molar-refractivity contribution in [3.05, 3.63) is 0 Å². The number of hydrogen-bond donors (Lipinski definition) is 0. The number of fused-ring (bicyclic) bond motifs is 3. The lowest BCUT2D eigenvalue weighted by Gasteiger charge is -2.51. The van der Waals surface area contributed by atoms with Gasteiger partial charge in [0.25, 0.3) is 0 Å². The Hall–Kier alpha value is -0.160. The van der Waals surface area contributed by atoms with Gasteiger partial charge in [0.05, 0.1) is 0 Å². The predicted molar refractivity (Wildman–Crippen MR) is 67.8 cm³/mol. The van der Waals surface area contributed by atoms with Crippen LogP contribution in [0.25, 0.3) is 0 Å². The largest absolute Gasteiger partial charge is 0.308 e. The maximum Gasteiger partial charge on any atom is 0.0392 e. The highest BCUT2D eigenvalue weighted by Crippen LogP contribution is 2.20. The monoisotopic (exact) mass is 226 g/mol. The van der Waals surface area contributed by atoms with Crippen molar-refractivity contribution >= 4 is 0 Å². The van der Waals surface area contributed by atoms with Crippen molar-refractivity contribution in [1.82, 2.24) is 19.6 Å². The van der Waals surface area contributed by atoms with E-state index in [0.29, 0.717) is 6.04 Å². The van der Waals surface area contributed by atoms with Crippen molar-refractivity contribution in [2.24, 2.45) is 0 Å². The van der Waals surface area contributed by atoms with Gasteiger partial charge in [0, 0.05) is 51.4 Å². The molecule has 0 spiro atoms. The zero-order valence-corrected chi connectivity index (χ0v) is 11.2. The number of nitrogens with zero attached hydrogens (tertiary/aromatic N) is 4. The molecule has 2 bridgehead atoms. The van der Waals surface area contributed by atoms with Crippen molar-refractivity contribution in [3.8, 4) is 0 Å². The van der Waals surface area contributed by atoms with E-state index in [-0.39, 0.29) is 0 Å². The molecule has 0 N–H and O–H groups in total. The quantitative estimate of drug-likeness (QED) is 0.639. The van der Waals surface area contributed by atoms with Gasteiger partial charge in [-0.15, -0.1) is 0 Å². The SMILES string of the molecule is CN(C)CC(C1CN2CCN1CC2)N(C)C. The zero-order chi connectivity index (χ0) is 11.7. The molecule has 3 rings (SSSR count). The van der Waals surface area contributed by atoms with Crippen LogP contribution in [0, 0.1) is 0 Å². The average molecular weight is 226 g/mol. The second-order valence-corrected chi connectivity index (χ2v) is 5.70. The summed E-state index contributed by atoms with van der Waals surface area (Å²) in [6, 6.07) is 1.37. The Labute approximate surface area is 99.8 Å². The Morgan fingerprint density at radius 1 is 1.06 bits per heavy atom. The predicted octanol–water partition coefficient (Wildman–Crippen LogP) is -0.522. The summed E-state index contributed by atoms with van der Waals surface area (Å²) >= 11 is 0. The molecule has 4 heteroatoms. The van der Waals surface area contributed by atoms with Gasteiger partial charge in [0.1, 0.15) is 0 Å². The molecular weight excluding hydrogens is 200 g/mol. The topological polar surface area (TPSA) is 13.0 Å². The molecule has 3 aliphatic heterocycles. The van der Waals surface area contributed by atoms with Crippen molar-refractivity contribution in [1.29, 1.82) is 0 Å². The van der Waals surface area contributed by atoms with Gasteiger partial charge >= 0.3 is 0 Å². The van der Waals surface area contributed by atoms with Crippen molar-refractivity contribution in [2.45, 2.75) is 12.1 Å². The Kier molecular flexibility index (Phi) is 3.85. The normalized spacial score (nSPS) is 36.0. The van der Waals surface area contributed by atoms with Crippen LogP contribution in [0.15, 0.2) is 0 Å². The molecule has 3 heterocycles. The van der Waals surface area contributed by atoms with Gasteiger partial charge in [-0.05, 0) is 28.2 Å². The Bertz CT molecular complexity index is 219. The van der Waals surface area contributed by atoms with Gasteiger partial charge in [-0.1, -0.05) is 0 Å². The van der Waals surface area contributed by atoms with Crippen LogP contribution in [0.4, 0.5) is 0 Å². The first-order valence-corrected chi connectivity index (χ1v) is 6.35. The number of rotatable bonds is 4. The molecule has 0 aromatic heterocycles. The molecule has 0 radical (unpaired) electrons. The minimum absolute atomic E-state index is 0.651. The van der Waals surface area contributed by atoms with Crippen molar-refractivity contribution in [3.63, 3.8) is 0 Å². The van der Waals surface area contributed by atoms with Crippen LogP contribution in [0.2, 0.25) is 0 Å². The highest BCUT2D eigenvalue weighted by Gasteiger charge is 2.37. The third-order valence-electron chi connectivity index (χ3n) is 3.98. The van der Waals surface area contributed by atoms with Crippen LogP contribution in [-0.4, -0.2) is 99.1 Å². The highest BCUT2D eigenvalue weighted by atomic mass is 15.4. The summed E-state index contributed by atoms with van der Waals surface area (Å²) in [6.45, 7) is 7.50. The summed E-state index contributed by atoms with van der Waals surface area (Å²) in [5.74, 6) is 0. The van der Waals surface area contributed by atoms with Gasteiger partial charge in [-0.2, -0.15) is 0 Å². The molecule has 94 valence electrons. The van der Waals surface area contributed by atoms with Gasteiger partial charge in [0.2, 0.25) is 0 Å². The lowest BCUT2D eigenvalue weighted by atomic mass is 9.99. The summed E-state index contributed by atoms with van der Waals surface area (Å²) in [7, 11) is 8.78. The number of piperazine rings is 3. The van der Waals surface area contributed by atoms with Crippen LogP contribution in [0.1, 0.15) is 0 Å². The summed E-state index contributed by atoms with van der Waals surface area (Å²) < 4.78 is 0. The van der Waals surface area contributed by atoms with Crippen LogP contribution in [-0.2, 0) is 0 Å². The van der Waals surface area contributed by atoms with Gasteiger partial charge in [0.15, 0.2) is 0 Å². The fraction of sp³-hybridized carbons (Fsp3) is 1.00. The van der Waals surface area contributed by atoms with E-state index in [2.05, 4.69) is 47.8 Å². The van der Waals surface area contributed by atoms with Gasteiger partial charge in [-0.25, -0.2) is 0 Å². The van der Waals surface area contributed by atoms with E-state index >= 15 is 0 Å². The van der Waals surface area contributed by atoms with Crippen LogP contribution in [0.3, 0.4) is 0 Å². The molecule has 0 aromatic carbocycles. The minimum Gasteiger partial charge on any atom is -0.308 e. The molecule has 16 heavy (non-hydrogen) atoms. The van der Waals surface area contributed by atoms with Crippen LogP contribution >= 0.6 is 0 Å². The van der Waals surface area contributed by atoms with Gasteiger partial charge in [-0.3, -0.25) is 9.80 Å². The molecule has 0 saturated carbocycles. The molecule has 2 unspecified atom stereocenters. The fourth-order valence-electron chi connectivity index (χ4n) is 3.03. The molecule has 0 amide bonds. The van der Waals surface area contributed by atoms with E-state index in [9.17, 15) is 0 Å². The summed E-state index contributed by atoms with van der Waals surface area (Å²) in [5.41, 5.74) is 0. The van der Waals surface area contributed by atoms with E-state index in [1.165, 1.54) is 32.7 Å². The number of likely N-dealkylation sites (N-methyl/N-ethyl adjacent to an activating group) is 2. The first-order chi connectivity index (χ1) is 7.58. The zero-order valence-electron chi connectivity index (χ0n) is 11.2. The minimum atomic E-state index is 0.651. The summed E-state index contributed by atoms with van der Waals surface area (Å²) in [6.07, 6.45) is 0. The van der Waals surface area contributed by atoms with E-state index in [4.69, 9.17) is 0 Å². The average Bonchev–Trinajstić information content (AvgIpc) is 2.27. The van der Waals surface area contributed by atoms with Crippen molar-refractivity contribution < 1.29 is 0 Å². The fourth-order valence-corrected chi connectivity index (χ4v) is 3.03. The van der Waals surface area contributed by atoms with Crippen LogP contribution in [0.5, 0.6) is 0 Å². The second-order valence-electron chi connectivity index (χ2n) is 5.70. The summed E-state index contributed by atoms with van der Waals surface area (Å²) in [5, 5.41) is 0. The molecule has 3 aliphatic rings.